The number of aromatic nitrogens is 3. The SMILES string of the molecule is CC(C)c1c(-c2ccnc3cccnc23)[nH]c2ccc(C3CCNCC3)cc12. The van der Waals surface area contributed by atoms with Gasteiger partial charge in [0.25, 0.3) is 0 Å². The highest BCUT2D eigenvalue weighted by molar-refractivity contribution is 5.98. The summed E-state index contributed by atoms with van der Waals surface area (Å²) >= 11 is 0. The third-order valence-electron chi connectivity index (χ3n) is 6.02. The van der Waals surface area contributed by atoms with Crippen molar-refractivity contribution in [3.8, 4) is 11.3 Å². The molecule has 1 fully saturated rings. The van der Waals surface area contributed by atoms with Gasteiger partial charge in [-0.25, -0.2) is 0 Å². The molecule has 5 rings (SSSR count). The van der Waals surface area contributed by atoms with E-state index in [0.29, 0.717) is 11.8 Å². The molecule has 4 heteroatoms. The molecule has 0 atom stereocenters. The van der Waals surface area contributed by atoms with Crippen LogP contribution < -0.4 is 5.32 Å². The summed E-state index contributed by atoms with van der Waals surface area (Å²) in [5.74, 6) is 1.08. The molecular formula is C24H26N4. The van der Waals surface area contributed by atoms with Gasteiger partial charge in [0.15, 0.2) is 0 Å². The molecule has 1 saturated heterocycles. The van der Waals surface area contributed by atoms with Gasteiger partial charge in [0.2, 0.25) is 0 Å². The van der Waals surface area contributed by atoms with Crippen molar-refractivity contribution >= 4 is 21.9 Å². The molecule has 0 aliphatic carbocycles. The number of nitrogens with zero attached hydrogens (tertiary/aromatic N) is 2. The fourth-order valence-corrected chi connectivity index (χ4v) is 4.63. The van der Waals surface area contributed by atoms with Crippen LogP contribution in [0.2, 0.25) is 0 Å². The maximum Gasteiger partial charge on any atom is 0.0979 e. The maximum absolute atomic E-state index is 4.63. The normalized spacial score (nSPS) is 15.7. The van der Waals surface area contributed by atoms with Crippen LogP contribution in [0.3, 0.4) is 0 Å². The second kappa shape index (κ2) is 7.02. The molecule has 1 aliphatic rings. The van der Waals surface area contributed by atoms with Gasteiger partial charge >= 0.3 is 0 Å². The van der Waals surface area contributed by atoms with E-state index in [4.69, 9.17) is 0 Å². The lowest BCUT2D eigenvalue weighted by molar-refractivity contribution is 0.460. The average molecular weight is 371 g/mol. The number of aromatic amines is 1. The standard InChI is InChI=1S/C24H26N4/c1-15(2)22-19-14-17(16-7-11-25-12-8-16)5-6-20(19)28-24(22)18-9-13-26-21-4-3-10-27-23(18)21/h3-6,9-10,13-16,25,28H,7-8,11-12H2,1-2H3. The molecule has 4 nitrogen and oxygen atoms in total. The molecule has 0 spiro atoms. The fraction of sp³-hybridized carbons (Fsp3) is 0.333. The lowest BCUT2D eigenvalue weighted by Gasteiger charge is -2.23. The molecule has 4 heterocycles. The van der Waals surface area contributed by atoms with Crippen molar-refractivity contribution in [3.05, 3.63) is 59.9 Å². The summed E-state index contributed by atoms with van der Waals surface area (Å²) in [6.07, 6.45) is 6.17. The van der Waals surface area contributed by atoms with Crippen molar-refractivity contribution in [3.63, 3.8) is 0 Å². The molecule has 4 aromatic rings. The number of piperidine rings is 1. The van der Waals surface area contributed by atoms with Crippen LogP contribution in [0.15, 0.2) is 48.8 Å². The van der Waals surface area contributed by atoms with Crippen LogP contribution in [-0.4, -0.2) is 28.0 Å². The quantitative estimate of drug-likeness (QED) is 0.510. The summed E-state index contributed by atoms with van der Waals surface area (Å²) in [4.78, 5) is 12.8. The van der Waals surface area contributed by atoms with E-state index in [0.717, 1.165) is 29.7 Å². The van der Waals surface area contributed by atoms with Gasteiger partial charge in [-0.05, 0) is 79.2 Å². The van der Waals surface area contributed by atoms with Gasteiger partial charge in [-0.2, -0.15) is 0 Å². The maximum atomic E-state index is 4.63. The molecule has 1 aliphatic heterocycles. The van der Waals surface area contributed by atoms with Gasteiger partial charge in [0.1, 0.15) is 0 Å². The molecule has 0 bridgehead atoms. The highest BCUT2D eigenvalue weighted by Crippen LogP contribution is 2.39. The number of pyridine rings is 2. The van der Waals surface area contributed by atoms with E-state index < -0.39 is 0 Å². The second-order valence-electron chi connectivity index (χ2n) is 8.13. The van der Waals surface area contributed by atoms with Crippen molar-refractivity contribution < 1.29 is 0 Å². The van der Waals surface area contributed by atoms with E-state index in [1.54, 1.807) is 0 Å². The first-order valence-corrected chi connectivity index (χ1v) is 10.3. The van der Waals surface area contributed by atoms with E-state index in [1.807, 2.05) is 24.5 Å². The molecule has 0 unspecified atom stereocenters. The van der Waals surface area contributed by atoms with Crippen LogP contribution in [0, 0.1) is 0 Å². The third-order valence-corrected chi connectivity index (χ3v) is 6.02. The predicted molar refractivity (Wildman–Crippen MR) is 116 cm³/mol. The lowest BCUT2D eigenvalue weighted by Crippen LogP contribution is -2.26. The summed E-state index contributed by atoms with van der Waals surface area (Å²) in [5.41, 5.74) is 8.26. The topological polar surface area (TPSA) is 53.6 Å². The summed E-state index contributed by atoms with van der Waals surface area (Å²) in [5, 5.41) is 4.82. The summed E-state index contributed by atoms with van der Waals surface area (Å²) in [6, 6.07) is 13.1. The highest BCUT2D eigenvalue weighted by atomic mass is 14.9. The van der Waals surface area contributed by atoms with E-state index in [9.17, 15) is 0 Å². The van der Waals surface area contributed by atoms with E-state index in [2.05, 4.69) is 58.4 Å². The molecule has 28 heavy (non-hydrogen) atoms. The van der Waals surface area contributed by atoms with Crippen LogP contribution in [0.25, 0.3) is 33.2 Å². The highest BCUT2D eigenvalue weighted by Gasteiger charge is 2.21. The van der Waals surface area contributed by atoms with Crippen LogP contribution >= 0.6 is 0 Å². The molecule has 142 valence electrons. The minimum Gasteiger partial charge on any atom is -0.354 e. The zero-order valence-corrected chi connectivity index (χ0v) is 16.5. The fourth-order valence-electron chi connectivity index (χ4n) is 4.63. The smallest absolute Gasteiger partial charge is 0.0979 e. The zero-order valence-electron chi connectivity index (χ0n) is 16.5. The Morgan fingerprint density at radius 3 is 2.68 bits per heavy atom. The van der Waals surface area contributed by atoms with Crippen molar-refractivity contribution in [2.24, 2.45) is 0 Å². The first-order chi connectivity index (χ1) is 13.7. The van der Waals surface area contributed by atoms with Crippen molar-refractivity contribution in [2.45, 2.75) is 38.5 Å². The van der Waals surface area contributed by atoms with Crippen molar-refractivity contribution in [2.75, 3.05) is 13.1 Å². The van der Waals surface area contributed by atoms with Crippen LogP contribution in [0.5, 0.6) is 0 Å². The van der Waals surface area contributed by atoms with Crippen LogP contribution in [-0.2, 0) is 0 Å². The van der Waals surface area contributed by atoms with Crippen LogP contribution in [0.4, 0.5) is 0 Å². The van der Waals surface area contributed by atoms with E-state index >= 15 is 0 Å². The Labute approximate surface area is 165 Å². The van der Waals surface area contributed by atoms with Gasteiger partial charge in [0, 0.05) is 28.9 Å². The van der Waals surface area contributed by atoms with Gasteiger partial charge in [-0.3, -0.25) is 9.97 Å². The molecule has 1 aromatic carbocycles. The number of hydrogen-bond donors (Lipinski definition) is 2. The monoisotopic (exact) mass is 370 g/mol. The first-order valence-electron chi connectivity index (χ1n) is 10.3. The van der Waals surface area contributed by atoms with Gasteiger partial charge < -0.3 is 10.3 Å². The lowest BCUT2D eigenvalue weighted by atomic mass is 9.88. The number of rotatable bonds is 3. The number of hydrogen-bond acceptors (Lipinski definition) is 3. The average Bonchev–Trinajstić information content (AvgIpc) is 3.12. The Balaban J connectivity index is 1.71. The molecule has 0 saturated carbocycles. The first kappa shape index (κ1) is 17.4. The van der Waals surface area contributed by atoms with Gasteiger partial charge in [-0.1, -0.05) is 19.9 Å². The molecule has 0 amide bonds. The summed E-state index contributed by atoms with van der Waals surface area (Å²) in [7, 11) is 0. The Hall–Kier alpha value is -2.72. The minimum absolute atomic E-state index is 0.416. The number of H-pyrrole nitrogens is 1. The zero-order chi connectivity index (χ0) is 19.1. The minimum atomic E-state index is 0.416. The molecule has 0 radical (unpaired) electrons. The van der Waals surface area contributed by atoms with Crippen molar-refractivity contribution in [1.82, 2.24) is 20.3 Å². The number of benzene rings is 1. The van der Waals surface area contributed by atoms with Gasteiger partial charge in [-0.15, -0.1) is 0 Å². The Kier molecular flexibility index (Phi) is 4.36. The summed E-state index contributed by atoms with van der Waals surface area (Å²) in [6.45, 7) is 6.79. The Morgan fingerprint density at radius 2 is 1.86 bits per heavy atom. The Morgan fingerprint density at radius 1 is 1.00 bits per heavy atom. The Bertz CT molecular complexity index is 1130. The second-order valence-corrected chi connectivity index (χ2v) is 8.13. The van der Waals surface area contributed by atoms with Crippen molar-refractivity contribution in [1.29, 1.82) is 0 Å². The van der Waals surface area contributed by atoms with E-state index in [1.165, 1.54) is 40.6 Å². The third kappa shape index (κ3) is 2.89. The van der Waals surface area contributed by atoms with E-state index in [-0.39, 0.29) is 0 Å². The largest absolute Gasteiger partial charge is 0.354 e. The number of fused-ring (bicyclic) bond motifs is 2. The van der Waals surface area contributed by atoms with Crippen LogP contribution in [0.1, 0.15) is 49.7 Å². The molecular weight excluding hydrogens is 344 g/mol. The number of nitrogens with one attached hydrogen (secondary N) is 2. The van der Waals surface area contributed by atoms with Gasteiger partial charge in [0.05, 0.1) is 16.7 Å². The predicted octanol–water partition coefficient (Wildman–Crippen LogP) is 5.37. The molecule has 2 N–H and O–H groups in total. The summed E-state index contributed by atoms with van der Waals surface area (Å²) < 4.78 is 0. The molecule has 3 aromatic heterocycles.